The lowest BCUT2D eigenvalue weighted by atomic mass is 9.91. The topological polar surface area (TPSA) is 32.3 Å². The van der Waals surface area contributed by atoms with Crippen LogP contribution >= 0.6 is 11.3 Å². The van der Waals surface area contributed by atoms with Gasteiger partial charge in [-0.25, -0.2) is 0 Å². The Morgan fingerprint density at radius 2 is 2.31 bits per heavy atom. The number of aliphatic hydroxyl groups is 1. The van der Waals surface area contributed by atoms with E-state index in [9.17, 15) is 5.11 Å². The maximum Gasteiger partial charge on any atom is 0.0974 e. The maximum absolute atomic E-state index is 10.5. The molecule has 2 atom stereocenters. The van der Waals surface area contributed by atoms with Gasteiger partial charge in [0.25, 0.3) is 0 Å². The molecule has 2 unspecified atom stereocenters. The van der Waals surface area contributed by atoms with Crippen LogP contribution < -0.4 is 5.32 Å². The fourth-order valence-electron chi connectivity index (χ4n) is 2.40. The summed E-state index contributed by atoms with van der Waals surface area (Å²) < 4.78 is 0. The van der Waals surface area contributed by atoms with E-state index in [0.717, 1.165) is 17.8 Å². The highest BCUT2D eigenvalue weighted by Gasteiger charge is 2.29. The summed E-state index contributed by atoms with van der Waals surface area (Å²) in [5.74, 6) is 0. The lowest BCUT2D eigenvalue weighted by Gasteiger charge is -2.31. The summed E-state index contributed by atoms with van der Waals surface area (Å²) in [7, 11) is 0. The second-order valence-corrected chi connectivity index (χ2v) is 6.32. The third-order valence-corrected chi connectivity index (χ3v) is 4.58. The smallest absolute Gasteiger partial charge is 0.0974 e. The highest BCUT2D eigenvalue weighted by Crippen LogP contribution is 2.32. The molecule has 2 rings (SSSR count). The van der Waals surface area contributed by atoms with Crippen LogP contribution in [0.3, 0.4) is 0 Å². The Balaban J connectivity index is 2.01. The number of piperidine rings is 1. The zero-order valence-electron chi connectivity index (χ0n) is 10.1. The van der Waals surface area contributed by atoms with Crippen molar-refractivity contribution in [2.75, 3.05) is 6.54 Å². The van der Waals surface area contributed by atoms with Crippen LogP contribution in [0.1, 0.15) is 42.4 Å². The van der Waals surface area contributed by atoms with Crippen LogP contribution in [0.4, 0.5) is 0 Å². The molecule has 2 N–H and O–H groups in total. The molecule has 3 heteroatoms. The minimum atomic E-state index is -0.673. The molecule has 1 fully saturated rings. The van der Waals surface area contributed by atoms with Gasteiger partial charge in [0.05, 0.1) is 5.60 Å². The van der Waals surface area contributed by atoms with Crippen LogP contribution in [0.25, 0.3) is 0 Å². The van der Waals surface area contributed by atoms with E-state index < -0.39 is 5.60 Å². The summed E-state index contributed by atoms with van der Waals surface area (Å²) in [6, 6.07) is 4.62. The molecule has 90 valence electrons. The van der Waals surface area contributed by atoms with Crippen LogP contribution in [-0.4, -0.2) is 17.7 Å². The zero-order chi connectivity index (χ0) is 11.6. The molecular weight excluding hydrogens is 218 g/mol. The van der Waals surface area contributed by atoms with Gasteiger partial charge in [0, 0.05) is 15.8 Å². The van der Waals surface area contributed by atoms with E-state index in [2.05, 4.69) is 24.4 Å². The third kappa shape index (κ3) is 2.84. The van der Waals surface area contributed by atoms with Crippen LogP contribution in [0.5, 0.6) is 0 Å². The molecule has 1 saturated heterocycles. The number of thiophene rings is 1. The SMILES string of the molecule is Cc1ccc(C(C)(O)CC2CCCCN2)s1. The number of hydrogen-bond donors (Lipinski definition) is 2. The molecule has 1 aromatic rings. The molecule has 1 aliphatic rings. The third-order valence-electron chi connectivity index (χ3n) is 3.33. The first-order chi connectivity index (χ1) is 7.58. The van der Waals surface area contributed by atoms with Crippen LogP contribution in [0, 0.1) is 6.92 Å². The number of nitrogens with one attached hydrogen (secondary N) is 1. The lowest BCUT2D eigenvalue weighted by molar-refractivity contribution is 0.0368. The molecule has 0 aliphatic carbocycles. The van der Waals surface area contributed by atoms with Gasteiger partial charge in [-0.15, -0.1) is 11.3 Å². The number of rotatable bonds is 3. The Kier molecular flexibility index (Phi) is 3.67. The number of aryl methyl sites for hydroxylation is 1. The van der Waals surface area contributed by atoms with Gasteiger partial charge in [-0.1, -0.05) is 6.42 Å². The van der Waals surface area contributed by atoms with Gasteiger partial charge in [-0.3, -0.25) is 0 Å². The molecule has 0 spiro atoms. The molecular formula is C13H21NOS. The van der Waals surface area contributed by atoms with Crippen LogP contribution in [0.2, 0.25) is 0 Å². The van der Waals surface area contributed by atoms with Gasteiger partial charge < -0.3 is 10.4 Å². The molecule has 0 bridgehead atoms. The maximum atomic E-state index is 10.5. The summed E-state index contributed by atoms with van der Waals surface area (Å²) in [5.41, 5.74) is -0.673. The van der Waals surface area contributed by atoms with Gasteiger partial charge in [0.15, 0.2) is 0 Å². The molecule has 2 nitrogen and oxygen atoms in total. The van der Waals surface area contributed by atoms with E-state index in [1.165, 1.54) is 24.1 Å². The first-order valence-electron chi connectivity index (χ1n) is 6.10. The molecule has 0 saturated carbocycles. The predicted molar refractivity (Wildman–Crippen MR) is 68.9 cm³/mol. The van der Waals surface area contributed by atoms with Crippen molar-refractivity contribution in [3.05, 3.63) is 21.9 Å². The Morgan fingerprint density at radius 1 is 1.50 bits per heavy atom. The van der Waals surface area contributed by atoms with Gasteiger partial charge in [-0.05, 0) is 51.8 Å². The molecule has 0 amide bonds. The fourth-order valence-corrected chi connectivity index (χ4v) is 3.32. The summed E-state index contributed by atoms with van der Waals surface area (Å²) in [6.07, 6.45) is 4.58. The quantitative estimate of drug-likeness (QED) is 0.850. The second-order valence-electron chi connectivity index (χ2n) is 5.04. The van der Waals surface area contributed by atoms with Gasteiger partial charge in [-0.2, -0.15) is 0 Å². The normalized spacial score (nSPS) is 25.3. The Morgan fingerprint density at radius 3 is 2.88 bits per heavy atom. The molecule has 1 aromatic heterocycles. The van der Waals surface area contributed by atoms with Crippen LogP contribution in [-0.2, 0) is 5.60 Å². The van der Waals surface area contributed by atoms with E-state index in [1.54, 1.807) is 11.3 Å². The Hall–Kier alpha value is -0.380. The summed E-state index contributed by atoms with van der Waals surface area (Å²) in [6.45, 7) is 5.13. The molecule has 2 heterocycles. The lowest BCUT2D eigenvalue weighted by Crippen LogP contribution is -2.39. The van der Waals surface area contributed by atoms with E-state index >= 15 is 0 Å². The summed E-state index contributed by atoms with van der Waals surface area (Å²) in [5, 5.41) is 14.0. The fraction of sp³-hybridized carbons (Fsp3) is 0.692. The highest BCUT2D eigenvalue weighted by atomic mass is 32.1. The van der Waals surface area contributed by atoms with Gasteiger partial charge in [0.1, 0.15) is 0 Å². The number of hydrogen-bond acceptors (Lipinski definition) is 3. The van der Waals surface area contributed by atoms with Crippen molar-refractivity contribution >= 4 is 11.3 Å². The van der Waals surface area contributed by atoms with Crippen LogP contribution in [0.15, 0.2) is 12.1 Å². The summed E-state index contributed by atoms with van der Waals surface area (Å²) in [4.78, 5) is 2.37. The zero-order valence-corrected chi connectivity index (χ0v) is 10.9. The van der Waals surface area contributed by atoms with E-state index in [-0.39, 0.29) is 0 Å². The second kappa shape index (κ2) is 4.86. The average Bonchev–Trinajstić information content (AvgIpc) is 2.66. The largest absolute Gasteiger partial charge is 0.385 e. The standard InChI is InChI=1S/C13H21NOS/c1-10-6-7-12(16-10)13(2,15)9-11-5-3-4-8-14-11/h6-7,11,14-15H,3-5,8-9H2,1-2H3. The monoisotopic (exact) mass is 239 g/mol. The van der Waals surface area contributed by atoms with Crippen molar-refractivity contribution in [2.45, 2.75) is 51.2 Å². The van der Waals surface area contributed by atoms with Crippen molar-refractivity contribution < 1.29 is 5.11 Å². The molecule has 16 heavy (non-hydrogen) atoms. The Bertz CT molecular complexity index is 339. The molecule has 0 aromatic carbocycles. The van der Waals surface area contributed by atoms with E-state index in [0.29, 0.717) is 6.04 Å². The first kappa shape index (κ1) is 12.1. The average molecular weight is 239 g/mol. The van der Waals surface area contributed by atoms with Crippen molar-refractivity contribution in [1.82, 2.24) is 5.32 Å². The molecule has 1 aliphatic heterocycles. The van der Waals surface area contributed by atoms with Gasteiger partial charge in [0.2, 0.25) is 0 Å². The summed E-state index contributed by atoms with van der Waals surface area (Å²) >= 11 is 1.71. The van der Waals surface area contributed by atoms with Crippen molar-refractivity contribution in [2.24, 2.45) is 0 Å². The van der Waals surface area contributed by atoms with E-state index in [4.69, 9.17) is 0 Å². The van der Waals surface area contributed by atoms with Crippen molar-refractivity contribution in [1.29, 1.82) is 0 Å². The highest BCUT2D eigenvalue weighted by molar-refractivity contribution is 7.12. The van der Waals surface area contributed by atoms with Crippen molar-refractivity contribution in [3.63, 3.8) is 0 Å². The van der Waals surface area contributed by atoms with E-state index in [1.807, 2.05) is 6.92 Å². The van der Waals surface area contributed by atoms with Gasteiger partial charge >= 0.3 is 0 Å². The minimum Gasteiger partial charge on any atom is -0.385 e. The van der Waals surface area contributed by atoms with Crippen molar-refractivity contribution in [3.8, 4) is 0 Å². The predicted octanol–water partition coefficient (Wildman–Crippen LogP) is 2.80. The molecule has 0 radical (unpaired) electrons. The minimum absolute atomic E-state index is 0.478. The first-order valence-corrected chi connectivity index (χ1v) is 6.92. The Labute approximate surface area is 102 Å².